The van der Waals surface area contributed by atoms with Gasteiger partial charge in [-0.2, -0.15) is 0 Å². The molecule has 1 rings (SSSR count). The van der Waals surface area contributed by atoms with Gasteiger partial charge in [-0.15, -0.1) is 0 Å². The van der Waals surface area contributed by atoms with E-state index in [4.69, 9.17) is 5.73 Å². The molecule has 0 bridgehead atoms. The Labute approximate surface area is 84.1 Å². The number of nitrogens with zero attached hydrogens (tertiary/aromatic N) is 1. The monoisotopic (exact) mass is 197 g/mol. The van der Waals surface area contributed by atoms with Crippen LogP contribution in [0.15, 0.2) is 4.79 Å². The topological polar surface area (TPSA) is 63.8 Å². The number of H-pyrrole nitrogens is 1. The predicted molar refractivity (Wildman–Crippen MR) is 57.2 cm³/mol. The van der Waals surface area contributed by atoms with E-state index in [0.717, 1.165) is 17.7 Å². The van der Waals surface area contributed by atoms with E-state index >= 15 is 0 Å². The zero-order valence-electron chi connectivity index (χ0n) is 9.29. The average molecular weight is 197 g/mol. The molecule has 0 saturated carbocycles. The van der Waals surface area contributed by atoms with Gasteiger partial charge in [-0.05, 0) is 19.3 Å². The zero-order chi connectivity index (χ0) is 10.9. The Bertz CT molecular complexity index is 362. The quantitative estimate of drug-likeness (QED) is 0.761. The van der Waals surface area contributed by atoms with Crippen LogP contribution in [0.5, 0.6) is 0 Å². The van der Waals surface area contributed by atoms with Crippen LogP contribution < -0.4 is 11.3 Å². The van der Waals surface area contributed by atoms with E-state index in [1.807, 2.05) is 6.92 Å². The molecule has 1 aromatic rings. The van der Waals surface area contributed by atoms with Crippen LogP contribution >= 0.6 is 0 Å². The second kappa shape index (κ2) is 4.00. The van der Waals surface area contributed by atoms with Gasteiger partial charge < -0.3 is 5.73 Å². The van der Waals surface area contributed by atoms with Gasteiger partial charge in [0.15, 0.2) is 0 Å². The molecule has 0 radical (unpaired) electrons. The van der Waals surface area contributed by atoms with Crippen molar-refractivity contribution in [2.24, 2.45) is 18.7 Å². The van der Waals surface area contributed by atoms with E-state index in [9.17, 15) is 4.79 Å². The smallest absolute Gasteiger partial charge is 0.269 e. The molecule has 0 aliphatic heterocycles. The van der Waals surface area contributed by atoms with Crippen molar-refractivity contribution in [2.75, 3.05) is 0 Å². The summed E-state index contributed by atoms with van der Waals surface area (Å²) >= 11 is 0. The van der Waals surface area contributed by atoms with Crippen LogP contribution in [-0.4, -0.2) is 9.78 Å². The summed E-state index contributed by atoms with van der Waals surface area (Å²) in [5.41, 5.74) is 7.61. The minimum Gasteiger partial charge on any atom is -0.323 e. The molecule has 80 valence electrons. The Morgan fingerprint density at radius 1 is 1.50 bits per heavy atom. The zero-order valence-corrected chi connectivity index (χ0v) is 9.29. The first-order valence-corrected chi connectivity index (χ1v) is 4.94. The molecule has 4 heteroatoms. The summed E-state index contributed by atoms with van der Waals surface area (Å²) in [6.07, 6.45) is 0.890. The largest absolute Gasteiger partial charge is 0.323 e. The molecule has 0 saturated heterocycles. The van der Waals surface area contributed by atoms with Gasteiger partial charge in [-0.3, -0.25) is 14.6 Å². The van der Waals surface area contributed by atoms with Gasteiger partial charge in [-0.25, -0.2) is 0 Å². The molecule has 3 N–H and O–H groups in total. The highest BCUT2D eigenvalue weighted by Crippen LogP contribution is 2.17. The summed E-state index contributed by atoms with van der Waals surface area (Å²) in [6.45, 7) is 6.06. The molecule has 0 spiro atoms. The van der Waals surface area contributed by atoms with Crippen molar-refractivity contribution in [3.63, 3.8) is 0 Å². The van der Waals surface area contributed by atoms with Gasteiger partial charge >= 0.3 is 0 Å². The van der Waals surface area contributed by atoms with Gasteiger partial charge in [0.1, 0.15) is 0 Å². The van der Waals surface area contributed by atoms with E-state index in [2.05, 4.69) is 18.9 Å². The SMILES string of the molecule is Cc1c([C@H](N)CC(C)C)[nH]n(C)c1=O. The molecule has 1 atom stereocenters. The highest BCUT2D eigenvalue weighted by atomic mass is 16.1. The van der Waals surface area contributed by atoms with E-state index in [1.54, 1.807) is 7.05 Å². The fourth-order valence-electron chi connectivity index (χ4n) is 1.67. The Hall–Kier alpha value is -1.03. The summed E-state index contributed by atoms with van der Waals surface area (Å²) in [7, 11) is 1.71. The van der Waals surface area contributed by atoms with E-state index in [1.165, 1.54) is 4.68 Å². The Kier molecular flexibility index (Phi) is 3.16. The van der Waals surface area contributed by atoms with E-state index < -0.39 is 0 Å². The van der Waals surface area contributed by atoms with Crippen LogP contribution in [0.1, 0.15) is 37.6 Å². The van der Waals surface area contributed by atoms with Crippen molar-refractivity contribution in [1.82, 2.24) is 9.78 Å². The van der Waals surface area contributed by atoms with Gasteiger partial charge in [0.05, 0.1) is 5.69 Å². The molecule has 4 nitrogen and oxygen atoms in total. The van der Waals surface area contributed by atoms with Gasteiger partial charge in [0, 0.05) is 18.7 Å². The fourth-order valence-corrected chi connectivity index (χ4v) is 1.67. The second-order valence-electron chi connectivity index (χ2n) is 4.25. The number of aryl methyl sites for hydroxylation is 1. The lowest BCUT2D eigenvalue weighted by Gasteiger charge is -2.12. The lowest BCUT2D eigenvalue weighted by Crippen LogP contribution is -2.15. The fraction of sp³-hybridized carbons (Fsp3) is 0.700. The maximum absolute atomic E-state index is 11.5. The molecule has 0 aromatic carbocycles. The maximum atomic E-state index is 11.5. The van der Waals surface area contributed by atoms with Crippen LogP contribution in [-0.2, 0) is 7.05 Å². The number of hydrogen-bond donors (Lipinski definition) is 2. The van der Waals surface area contributed by atoms with Crippen LogP contribution in [0.4, 0.5) is 0 Å². The maximum Gasteiger partial charge on any atom is 0.269 e. The van der Waals surface area contributed by atoms with Gasteiger partial charge in [0.2, 0.25) is 0 Å². The first kappa shape index (κ1) is 11.0. The molecule has 1 heterocycles. The Morgan fingerprint density at radius 2 is 2.07 bits per heavy atom. The Balaban J connectivity index is 2.96. The summed E-state index contributed by atoms with van der Waals surface area (Å²) in [4.78, 5) is 11.5. The molecule has 1 aromatic heterocycles. The second-order valence-corrected chi connectivity index (χ2v) is 4.25. The van der Waals surface area contributed by atoms with Crippen molar-refractivity contribution in [3.05, 3.63) is 21.6 Å². The van der Waals surface area contributed by atoms with Crippen molar-refractivity contribution in [3.8, 4) is 0 Å². The number of nitrogens with two attached hydrogens (primary N) is 1. The van der Waals surface area contributed by atoms with Crippen LogP contribution in [0.2, 0.25) is 0 Å². The third-order valence-corrected chi connectivity index (χ3v) is 2.41. The minimum atomic E-state index is -0.0658. The molecular formula is C10H19N3O. The minimum absolute atomic E-state index is 0.0132. The number of nitrogens with one attached hydrogen (secondary N) is 1. The Morgan fingerprint density at radius 3 is 2.43 bits per heavy atom. The normalized spacial score (nSPS) is 13.6. The lowest BCUT2D eigenvalue weighted by molar-refractivity contribution is 0.496. The first-order valence-electron chi connectivity index (χ1n) is 4.94. The van der Waals surface area contributed by atoms with Gasteiger partial charge in [-0.1, -0.05) is 13.8 Å². The summed E-state index contributed by atoms with van der Waals surface area (Å²) in [5.74, 6) is 0.535. The van der Waals surface area contributed by atoms with Crippen LogP contribution in [0.3, 0.4) is 0 Å². The lowest BCUT2D eigenvalue weighted by atomic mass is 10.0. The van der Waals surface area contributed by atoms with Crippen LogP contribution in [0.25, 0.3) is 0 Å². The summed E-state index contributed by atoms with van der Waals surface area (Å²) in [5, 5.41) is 3.00. The third kappa shape index (κ3) is 2.07. The highest BCUT2D eigenvalue weighted by Gasteiger charge is 2.15. The standard InChI is InChI=1S/C10H19N3O/c1-6(2)5-8(11)9-7(3)10(14)13(4)12-9/h6,8,12H,5,11H2,1-4H3/t8-/m1/s1. The predicted octanol–water partition coefficient (Wildman–Crippen LogP) is 1.07. The highest BCUT2D eigenvalue weighted by molar-refractivity contribution is 5.18. The van der Waals surface area contributed by atoms with Gasteiger partial charge in [0.25, 0.3) is 5.56 Å². The van der Waals surface area contributed by atoms with Crippen molar-refractivity contribution in [1.29, 1.82) is 0 Å². The van der Waals surface area contributed by atoms with E-state index in [-0.39, 0.29) is 11.6 Å². The molecule has 0 aliphatic rings. The molecule has 0 fully saturated rings. The van der Waals surface area contributed by atoms with E-state index in [0.29, 0.717) is 5.92 Å². The molecule has 0 aliphatic carbocycles. The first-order chi connectivity index (χ1) is 6.43. The van der Waals surface area contributed by atoms with Crippen molar-refractivity contribution >= 4 is 0 Å². The summed E-state index contributed by atoms with van der Waals surface area (Å²) in [6, 6.07) is -0.0658. The van der Waals surface area contributed by atoms with Crippen LogP contribution in [0, 0.1) is 12.8 Å². The number of rotatable bonds is 3. The molecule has 14 heavy (non-hydrogen) atoms. The number of hydrogen-bond acceptors (Lipinski definition) is 2. The third-order valence-electron chi connectivity index (χ3n) is 2.41. The van der Waals surface area contributed by atoms with Crippen molar-refractivity contribution < 1.29 is 0 Å². The number of aromatic nitrogens is 2. The molecule has 0 unspecified atom stereocenters. The van der Waals surface area contributed by atoms with Crippen molar-refractivity contribution in [2.45, 2.75) is 33.2 Å². The average Bonchev–Trinajstić information content (AvgIpc) is 2.32. The molecule has 0 amide bonds. The summed E-state index contributed by atoms with van der Waals surface area (Å²) < 4.78 is 1.48. The molecular weight excluding hydrogens is 178 g/mol. The number of aromatic amines is 1.